The Labute approximate surface area is 167 Å². The summed E-state index contributed by atoms with van der Waals surface area (Å²) in [6, 6.07) is 10.3. The van der Waals surface area contributed by atoms with Gasteiger partial charge in [0.15, 0.2) is 6.61 Å². The number of amides is 2. The molecule has 0 atom stereocenters. The van der Waals surface area contributed by atoms with E-state index in [1.165, 1.54) is 12.1 Å². The second-order valence-corrected chi connectivity index (χ2v) is 6.77. The van der Waals surface area contributed by atoms with Crippen molar-refractivity contribution >= 4 is 34.8 Å². The minimum Gasteiger partial charge on any atom is -0.482 e. The summed E-state index contributed by atoms with van der Waals surface area (Å²) >= 11 is 5.93. The first-order chi connectivity index (χ1) is 13.3. The average molecular weight is 406 g/mol. The Kier molecular flexibility index (Phi) is 7.34. The van der Waals surface area contributed by atoms with Crippen LogP contribution in [0, 0.1) is 16.0 Å². The number of nitrogens with one attached hydrogen (secondary N) is 2. The Balaban J connectivity index is 2.00. The number of carbonyl (C=O) groups excluding carboxylic acids is 2. The molecular weight excluding hydrogens is 386 g/mol. The molecule has 0 spiro atoms. The first-order valence-corrected chi connectivity index (χ1v) is 8.89. The molecule has 9 heteroatoms. The molecule has 0 bridgehead atoms. The van der Waals surface area contributed by atoms with Crippen LogP contribution in [0.3, 0.4) is 0 Å². The number of nitrogens with zero attached hydrogens (tertiary/aromatic N) is 1. The number of halogens is 1. The monoisotopic (exact) mass is 405 g/mol. The number of non-ortho nitro benzene ring substituents is 1. The highest BCUT2D eigenvalue weighted by Gasteiger charge is 2.15. The van der Waals surface area contributed by atoms with Gasteiger partial charge in [-0.2, -0.15) is 0 Å². The Morgan fingerprint density at radius 2 is 1.93 bits per heavy atom. The number of anilines is 1. The van der Waals surface area contributed by atoms with Crippen LogP contribution in [0.1, 0.15) is 24.2 Å². The number of benzene rings is 2. The molecule has 8 nitrogen and oxygen atoms in total. The maximum absolute atomic E-state index is 12.3. The number of rotatable bonds is 8. The van der Waals surface area contributed by atoms with Crippen molar-refractivity contribution in [1.29, 1.82) is 0 Å². The zero-order valence-electron chi connectivity index (χ0n) is 15.4. The van der Waals surface area contributed by atoms with Crippen molar-refractivity contribution in [3.05, 3.63) is 63.2 Å². The van der Waals surface area contributed by atoms with Crippen LogP contribution < -0.4 is 15.4 Å². The normalized spacial score (nSPS) is 10.4. The molecule has 0 unspecified atom stereocenters. The van der Waals surface area contributed by atoms with Crippen LogP contribution in [0.4, 0.5) is 11.4 Å². The van der Waals surface area contributed by atoms with Gasteiger partial charge in [-0.15, -0.1) is 0 Å². The molecule has 0 saturated heterocycles. The van der Waals surface area contributed by atoms with E-state index >= 15 is 0 Å². The van der Waals surface area contributed by atoms with E-state index in [1.54, 1.807) is 24.3 Å². The molecule has 2 aromatic carbocycles. The molecule has 2 amide bonds. The smallest absolute Gasteiger partial charge is 0.271 e. The van der Waals surface area contributed by atoms with Crippen LogP contribution in [-0.4, -0.2) is 29.9 Å². The van der Waals surface area contributed by atoms with Crippen LogP contribution in [-0.2, 0) is 4.79 Å². The fraction of sp³-hybridized carbons (Fsp3) is 0.263. The van der Waals surface area contributed by atoms with Gasteiger partial charge in [0.1, 0.15) is 5.75 Å². The van der Waals surface area contributed by atoms with E-state index in [0.29, 0.717) is 23.7 Å². The Bertz CT molecular complexity index is 886. The van der Waals surface area contributed by atoms with Crippen molar-refractivity contribution in [3.63, 3.8) is 0 Å². The number of hydrogen-bond acceptors (Lipinski definition) is 5. The van der Waals surface area contributed by atoms with Crippen molar-refractivity contribution < 1.29 is 19.2 Å². The van der Waals surface area contributed by atoms with Crippen LogP contribution in [0.2, 0.25) is 5.02 Å². The van der Waals surface area contributed by atoms with Gasteiger partial charge in [0.05, 0.1) is 21.2 Å². The van der Waals surface area contributed by atoms with Crippen molar-refractivity contribution in [2.45, 2.75) is 13.8 Å². The molecule has 0 saturated carbocycles. The third-order valence-corrected chi connectivity index (χ3v) is 3.90. The molecule has 0 aliphatic heterocycles. The van der Waals surface area contributed by atoms with E-state index in [9.17, 15) is 19.7 Å². The SMILES string of the molecule is CC(C)CNC(=O)c1ccccc1NC(=O)COc1ccc([N+](=O)[O-])cc1Cl. The Morgan fingerprint density at radius 3 is 2.57 bits per heavy atom. The second kappa shape index (κ2) is 9.70. The predicted octanol–water partition coefficient (Wildman–Crippen LogP) is 3.65. The summed E-state index contributed by atoms with van der Waals surface area (Å²) < 4.78 is 5.32. The molecule has 0 aliphatic carbocycles. The lowest BCUT2D eigenvalue weighted by atomic mass is 10.1. The maximum atomic E-state index is 12.3. The zero-order valence-corrected chi connectivity index (χ0v) is 16.2. The minimum atomic E-state index is -0.580. The number of nitro groups is 1. The topological polar surface area (TPSA) is 111 Å². The number of ether oxygens (including phenoxy) is 1. The van der Waals surface area contributed by atoms with Gasteiger partial charge >= 0.3 is 0 Å². The summed E-state index contributed by atoms with van der Waals surface area (Å²) in [4.78, 5) is 34.6. The maximum Gasteiger partial charge on any atom is 0.271 e. The first-order valence-electron chi connectivity index (χ1n) is 8.51. The largest absolute Gasteiger partial charge is 0.482 e. The molecule has 2 rings (SSSR count). The van der Waals surface area contributed by atoms with Crippen LogP contribution in [0.5, 0.6) is 5.75 Å². The number of para-hydroxylation sites is 1. The summed E-state index contributed by atoms with van der Waals surface area (Å²) in [5.74, 6) is -0.349. The standard InChI is InChI=1S/C19H20ClN3O5/c1-12(2)10-21-19(25)14-5-3-4-6-16(14)22-18(24)11-28-17-8-7-13(23(26)27)9-15(17)20/h3-9,12H,10-11H2,1-2H3,(H,21,25)(H,22,24). The minimum absolute atomic E-state index is 0.0236. The van der Waals surface area contributed by atoms with E-state index in [2.05, 4.69) is 10.6 Å². The van der Waals surface area contributed by atoms with Crippen molar-refractivity contribution in [1.82, 2.24) is 5.32 Å². The van der Waals surface area contributed by atoms with Crippen molar-refractivity contribution in [3.8, 4) is 5.75 Å². The number of nitro benzene ring substituents is 1. The van der Waals surface area contributed by atoms with E-state index < -0.39 is 10.8 Å². The van der Waals surface area contributed by atoms with E-state index in [-0.39, 0.29) is 29.0 Å². The van der Waals surface area contributed by atoms with Crippen LogP contribution in [0.15, 0.2) is 42.5 Å². The van der Waals surface area contributed by atoms with Gasteiger partial charge in [-0.1, -0.05) is 37.6 Å². The third kappa shape index (κ3) is 5.95. The molecule has 0 radical (unpaired) electrons. The lowest BCUT2D eigenvalue weighted by Crippen LogP contribution is -2.29. The molecule has 0 aromatic heterocycles. The molecule has 2 aromatic rings. The molecular formula is C19H20ClN3O5. The first kappa shape index (κ1) is 21.2. The molecule has 148 valence electrons. The van der Waals surface area contributed by atoms with Gasteiger partial charge < -0.3 is 15.4 Å². The molecule has 28 heavy (non-hydrogen) atoms. The van der Waals surface area contributed by atoms with Crippen molar-refractivity contribution in [2.24, 2.45) is 5.92 Å². The summed E-state index contributed by atoms with van der Waals surface area (Å²) in [6.45, 7) is 4.10. The fourth-order valence-electron chi connectivity index (χ4n) is 2.23. The number of carbonyl (C=O) groups is 2. The highest BCUT2D eigenvalue weighted by atomic mass is 35.5. The quantitative estimate of drug-likeness (QED) is 0.514. The number of hydrogen-bond donors (Lipinski definition) is 2. The summed E-state index contributed by atoms with van der Waals surface area (Å²) in [5, 5.41) is 16.2. The molecule has 2 N–H and O–H groups in total. The van der Waals surface area contributed by atoms with Crippen LogP contribution in [0.25, 0.3) is 0 Å². The summed E-state index contributed by atoms with van der Waals surface area (Å²) in [6.07, 6.45) is 0. The lowest BCUT2D eigenvalue weighted by Gasteiger charge is -2.13. The second-order valence-electron chi connectivity index (χ2n) is 6.36. The van der Waals surface area contributed by atoms with Gasteiger partial charge in [0, 0.05) is 18.7 Å². The van der Waals surface area contributed by atoms with Gasteiger partial charge in [-0.05, 0) is 24.1 Å². The highest BCUT2D eigenvalue weighted by molar-refractivity contribution is 6.32. The highest BCUT2D eigenvalue weighted by Crippen LogP contribution is 2.28. The predicted molar refractivity (Wildman–Crippen MR) is 106 cm³/mol. The van der Waals surface area contributed by atoms with E-state index in [0.717, 1.165) is 6.07 Å². The zero-order chi connectivity index (χ0) is 20.7. The Morgan fingerprint density at radius 1 is 1.21 bits per heavy atom. The fourth-order valence-corrected chi connectivity index (χ4v) is 2.46. The van der Waals surface area contributed by atoms with E-state index in [1.807, 2.05) is 13.8 Å². The van der Waals surface area contributed by atoms with Gasteiger partial charge in [0.2, 0.25) is 0 Å². The van der Waals surface area contributed by atoms with Gasteiger partial charge in [0.25, 0.3) is 17.5 Å². The van der Waals surface area contributed by atoms with Crippen LogP contribution >= 0.6 is 11.6 Å². The summed E-state index contributed by atoms with van der Waals surface area (Å²) in [7, 11) is 0. The third-order valence-electron chi connectivity index (χ3n) is 3.60. The lowest BCUT2D eigenvalue weighted by molar-refractivity contribution is -0.384. The molecule has 0 fully saturated rings. The van der Waals surface area contributed by atoms with Gasteiger partial charge in [-0.25, -0.2) is 0 Å². The molecule has 0 heterocycles. The summed E-state index contributed by atoms with van der Waals surface area (Å²) in [5.41, 5.74) is 0.514. The van der Waals surface area contributed by atoms with Crippen molar-refractivity contribution in [2.75, 3.05) is 18.5 Å². The average Bonchev–Trinajstić information content (AvgIpc) is 2.65. The van der Waals surface area contributed by atoms with Gasteiger partial charge in [-0.3, -0.25) is 19.7 Å². The van der Waals surface area contributed by atoms with E-state index in [4.69, 9.17) is 16.3 Å². The Hall–Kier alpha value is -3.13. The molecule has 0 aliphatic rings.